The first-order chi connectivity index (χ1) is 5.66. The largest absolute Gasteiger partial charge is 0.341 e. The Kier molecular flexibility index (Phi) is 1.40. The maximum absolute atomic E-state index is 4.31. The molecule has 0 amide bonds. The van der Waals surface area contributed by atoms with Crippen molar-refractivity contribution in [2.45, 2.75) is 20.8 Å². The lowest BCUT2D eigenvalue weighted by atomic mass is 10.2. The van der Waals surface area contributed by atoms with Crippen LogP contribution >= 0.6 is 0 Å². The van der Waals surface area contributed by atoms with Crippen LogP contribution in [-0.2, 0) is 0 Å². The molecule has 0 aliphatic rings. The molecule has 0 saturated heterocycles. The van der Waals surface area contributed by atoms with Gasteiger partial charge in [-0.2, -0.15) is 0 Å². The third-order valence-electron chi connectivity index (χ3n) is 1.91. The number of aromatic nitrogens is 3. The lowest BCUT2D eigenvalue weighted by molar-refractivity contribution is 1.15. The molecule has 3 nitrogen and oxygen atoms in total. The first kappa shape index (κ1) is 7.28. The Morgan fingerprint density at radius 3 is 2.67 bits per heavy atom. The third kappa shape index (κ3) is 0.978. The van der Waals surface area contributed by atoms with Crippen LogP contribution in [0.4, 0.5) is 0 Å². The van der Waals surface area contributed by atoms with Crippen molar-refractivity contribution in [2.75, 3.05) is 0 Å². The molecule has 0 atom stereocenters. The van der Waals surface area contributed by atoms with Crippen molar-refractivity contribution in [1.82, 2.24) is 15.0 Å². The predicted molar refractivity (Wildman–Crippen MR) is 48.1 cm³/mol. The number of imidazole rings is 1. The van der Waals surface area contributed by atoms with Crippen LogP contribution < -0.4 is 0 Å². The number of nitrogens with one attached hydrogen (secondary N) is 1. The SMILES string of the molecule is Cc1cc(C)c2[nH]c(C)nc2n1. The maximum Gasteiger partial charge on any atom is 0.178 e. The number of aromatic amines is 1. The Balaban J connectivity index is 2.88. The van der Waals surface area contributed by atoms with Gasteiger partial charge >= 0.3 is 0 Å². The highest BCUT2D eigenvalue weighted by molar-refractivity contribution is 5.74. The van der Waals surface area contributed by atoms with Crippen molar-refractivity contribution in [3.8, 4) is 0 Å². The molecule has 3 heteroatoms. The average molecular weight is 161 g/mol. The Bertz CT molecular complexity index is 429. The first-order valence-electron chi connectivity index (χ1n) is 3.97. The van der Waals surface area contributed by atoms with E-state index >= 15 is 0 Å². The molecule has 0 aliphatic heterocycles. The van der Waals surface area contributed by atoms with Crippen molar-refractivity contribution in [3.63, 3.8) is 0 Å². The van der Waals surface area contributed by atoms with Gasteiger partial charge in [0, 0.05) is 5.69 Å². The van der Waals surface area contributed by atoms with Crippen LogP contribution in [-0.4, -0.2) is 15.0 Å². The van der Waals surface area contributed by atoms with Gasteiger partial charge in [0.05, 0.1) is 5.52 Å². The van der Waals surface area contributed by atoms with Crippen LogP contribution in [0.2, 0.25) is 0 Å². The molecule has 1 N–H and O–H groups in total. The quantitative estimate of drug-likeness (QED) is 0.641. The number of H-pyrrole nitrogens is 1. The fourth-order valence-electron chi connectivity index (χ4n) is 1.42. The van der Waals surface area contributed by atoms with E-state index in [-0.39, 0.29) is 0 Å². The normalized spacial score (nSPS) is 10.9. The summed E-state index contributed by atoms with van der Waals surface area (Å²) in [7, 11) is 0. The van der Waals surface area contributed by atoms with E-state index < -0.39 is 0 Å². The summed E-state index contributed by atoms with van der Waals surface area (Å²) in [4.78, 5) is 11.8. The molecule has 0 fully saturated rings. The van der Waals surface area contributed by atoms with Gasteiger partial charge in [-0.3, -0.25) is 0 Å². The van der Waals surface area contributed by atoms with Gasteiger partial charge in [-0.25, -0.2) is 9.97 Å². The van der Waals surface area contributed by atoms with E-state index in [0.717, 1.165) is 22.7 Å². The van der Waals surface area contributed by atoms with Crippen molar-refractivity contribution in [1.29, 1.82) is 0 Å². The van der Waals surface area contributed by atoms with E-state index in [2.05, 4.69) is 27.9 Å². The number of fused-ring (bicyclic) bond motifs is 1. The van der Waals surface area contributed by atoms with E-state index in [1.54, 1.807) is 0 Å². The number of hydrogen-bond acceptors (Lipinski definition) is 2. The Morgan fingerprint density at radius 1 is 1.17 bits per heavy atom. The van der Waals surface area contributed by atoms with Crippen LogP contribution in [0.5, 0.6) is 0 Å². The number of aryl methyl sites for hydroxylation is 3. The summed E-state index contributed by atoms with van der Waals surface area (Å²) in [5.74, 6) is 0.922. The van der Waals surface area contributed by atoms with Gasteiger partial charge in [0.1, 0.15) is 5.82 Å². The van der Waals surface area contributed by atoms with Crippen molar-refractivity contribution >= 4 is 11.2 Å². The standard InChI is InChI=1S/C9H11N3/c1-5-4-6(2)10-9-8(5)11-7(3)12-9/h4H,1-3H3,(H,10,11,12). The van der Waals surface area contributed by atoms with Crippen molar-refractivity contribution in [3.05, 3.63) is 23.1 Å². The number of rotatable bonds is 0. The molecule has 0 unspecified atom stereocenters. The van der Waals surface area contributed by atoms with E-state index in [4.69, 9.17) is 0 Å². The molecular formula is C9H11N3. The van der Waals surface area contributed by atoms with E-state index in [1.165, 1.54) is 5.56 Å². The molecule has 2 rings (SSSR count). The van der Waals surface area contributed by atoms with Gasteiger partial charge in [0.2, 0.25) is 0 Å². The smallest absolute Gasteiger partial charge is 0.178 e. The lowest BCUT2D eigenvalue weighted by Crippen LogP contribution is -1.85. The minimum absolute atomic E-state index is 0.824. The summed E-state index contributed by atoms with van der Waals surface area (Å²) in [5, 5.41) is 0. The molecule has 0 aromatic carbocycles. The summed E-state index contributed by atoms with van der Waals surface area (Å²) in [6.07, 6.45) is 0. The Morgan fingerprint density at radius 2 is 1.92 bits per heavy atom. The van der Waals surface area contributed by atoms with Crippen LogP contribution in [0.15, 0.2) is 6.07 Å². The van der Waals surface area contributed by atoms with Crippen LogP contribution in [0.3, 0.4) is 0 Å². The monoisotopic (exact) mass is 161 g/mol. The molecule has 0 radical (unpaired) electrons. The van der Waals surface area contributed by atoms with Gasteiger partial charge in [-0.1, -0.05) is 0 Å². The summed E-state index contributed by atoms with van der Waals surface area (Å²) in [6, 6.07) is 2.06. The van der Waals surface area contributed by atoms with Crippen LogP contribution in [0.1, 0.15) is 17.1 Å². The second-order valence-electron chi connectivity index (χ2n) is 3.10. The van der Waals surface area contributed by atoms with E-state index in [0.29, 0.717) is 0 Å². The molecule has 12 heavy (non-hydrogen) atoms. The molecule has 0 saturated carbocycles. The topological polar surface area (TPSA) is 41.6 Å². The molecule has 2 aromatic rings. The highest BCUT2D eigenvalue weighted by Gasteiger charge is 2.03. The van der Waals surface area contributed by atoms with E-state index in [1.807, 2.05) is 13.8 Å². The second-order valence-corrected chi connectivity index (χ2v) is 3.10. The number of hydrogen-bond donors (Lipinski definition) is 1. The average Bonchev–Trinajstić information content (AvgIpc) is 2.29. The minimum atomic E-state index is 0.824. The van der Waals surface area contributed by atoms with Gasteiger partial charge in [-0.15, -0.1) is 0 Å². The zero-order valence-corrected chi connectivity index (χ0v) is 7.47. The second kappa shape index (κ2) is 2.30. The Labute approximate surface area is 70.9 Å². The molecule has 0 bridgehead atoms. The molecule has 0 spiro atoms. The molecule has 0 aliphatic carbocycles. The first-order valence-corrected chi connectivity index (χ1v) is 3.97. The summed E-state index contributed by atoms with van der Waals surface area (Å²) in [5.41, 5.74) is 4.10. The minimum Gasteiger partial charge on any atom is -0.341 e. The molecule has 2 aromatic heterocycles. The fourth-order valence-corrected chi connectivity index (χ4v) is 1.42. The zero-order valence-electron chi connectivity index (χ0n) is 7.47. The molecule has 62 valence electrons. The van der Waals surface area contributed by atoms with E-state index in [9.17, 15) is 0 Å². The fraction of sp³-hybridized carbons (Fsp3) is 0.333. The highest BCUT2D eigenvalue weighted by Crippen LogP contribution is 2.14. The van der Waals surface area contributed by atoms with Crippen molar-refractivity contribution in [2.24, 2.45) is 0 Å². The third-order valence-corrected chi connectivity index (χ3v) is 1.91. The number of nitrogens with zero attached hydrogens (tertiary/aromatic N) is 2. The molecule has 2 heterocycles. The van der Waals surface area contributed by atoms with Gasteiger partial charge < -0.3 is 4.98 Å². The summed E-state index contributed by atoms with van der Waals surface area (Å²) >= 11 is 0. The Hall–Kier alpha value is -1.38. The van der Waals surface area contributed by atoms with Gasteiger partial charge in [0.25, 0.3) is 0 Å². The predicted octanol–water partition coefficient (Wildman–Crippen LogP) is 1.88. The van der Waals surface area contributed by atoms with Gasteiger partial charge in [0.15, 0.2) is 5.65 Å². The zero-order chi connectivity index (χ0) is 8.72. The highest BCUT2D eigenvalue weighted by atomic mass is 15.0. The van der Waals surface area contributed by atoms with Crippen LogP contribution in [0, 0.1) is 20.8 Å². The van der Waals surface area contributed by atoms with Crippen LogP contribution in [0.25, 0.3) is 11.2 Å². The summed E-state index contributed by atoms with van der Waals surface area (Å²) < 4.78 is 0. The summed E-state index contributed by atoms with van der Waals surface area (Å²) in [6.45, 7) is 5.99. The van der Waals surface area contributed by atoms with Crippen molar-refractivity contribution < 1.29 is 0 Å². The molecular weight excluding hydrogens is 150 g/mol. The lowest BCUT2D eigenvalue weighted by Gasteiger charge is -1.95. The maximum atomic E-state index is 4.31. The van der Waals surface area contributed by atoms with Gasteiger partial charge in [-0.05, 0) is 32.4 Å². The number of pyridine rings is 1.